The highest BCUT2D eigenvalue weighted by atomic mass is 127. The number of hydrogen-bond acceptors (Lipinski definition) is 6. The molecule has 8 nitrogen and oxygen atoms in total. The smallest absolute Gasteiger partial charge is 0.213 e. The normalized spacial score (nSPS) is 17.8. The number of halogens is 1. The largest absolute Gasteiger partial charge is 0.377 e. The van der Waals surface area contributed by atoms with E-state index in [-0.39, 0.29) is 42.4 Å². The first kappa shape index (κ1) is 26.5. The maximum atomic E-state index is 12.2. The second-order valence-electron chi connectivity index (χ2n) is 7.10. The Morgan fingerprint density at radius 1 is 1.38 bits per heavy atom. The lowest BCUT2D eigenvalue weighted by Crippen LogP contribution is -2.42. The van der Waals surface area contributed by atoms with E-state index >= 15 is 0 Å². The Morgan fingerprint density at radius 2 is 2.17 bits per heavy atom. The SMILES string of the molecule is CCNC(=NCc1nc(C(C)C)cs1)NCCS(=O)(=O)NCC1CCCCO1.I. The summed E-state index contributed by atoms with van der Waals surface area (Å²) >= 11 is 1.59. The summed E-state index contributed by atoms with van der Waals surface area (Å²) in [5.41, 5.74) is 1.08. The van der Waals surface area contributed by atoms with E-state index < -0.39 is 10.0 Å². The minimum atomic E-state index is -3.35. The lowest BCUT2D eigenvalue weighted by Gasteiger charge is -2.22. The van der Waals surface area contributed by atoms with Crippen LogP contribution in [-0.2, 0) is 21.3 Å². The molecule has 1 aliphatic rings. The van der Waals surface area contributed by atoms with Crippen molar-refractivity contribution >= 4 is 51.3 Å². The first-order valence-corrected chi connectivity index (χ1v) is 12.5. The maximum absolute atomic E-state index is 12.2. The maximum Gasteiger partial charge on any atom is 0.213 e. The van der Waals surface area contributed by atoms with Crippen molar-refractivity contribution in [1.29, 1.82) is 0 Å². The lowest BCUT2D eigenvalue weighted by molar-refractivity contribution is 0.0200. The lowest BCUT2D eigenvalue weighted by atomic mass is 10.1. The van der Waals surface area contributed by atoms with Crippen LogP contribution in [0.5, 0.6) is 0 Å². The summed E-state index contributed by atoms with van der Waals surface area (Å²) in [5.74, 6) is 0.977. The van der Waals surface area contributed by atoms with Crippen LogP contribution >= 0.6 is 35.3 Å². The predicted molar refractivity (Wildman–Crippen MR) is 130 cm³/mol. The van der Waals surface area contributed by atoms with Gasteiger partial charge in [0.05, 0.1) is 24.1 Å². The zero-order valence-electron chi connectivity index (χ0n) is 17.4. The van der Waals surface area contributed by atoms with Gasteiger partial charge in [-0.15, -0.1) is 35.3 Å². The van der Waals surface area contributed by atoms with Crippen LogP contribution < -0.4 is 15.4 Å². The highest BCUT2D eigenvalue weighted by Crippen LogP contribution is 2.18. The van der Waals surface area contributed by atoms with Gasteiger partial charge in [-0.3, -0.25) is 0 Å². The van der Waals surface area contributed by atoms with Gasteiger partial charge in [0.2, 0.25) is 10.0 Å². The molecule has 1 aromatic heterocycles. The Bertz CT molecular complexity index is 719. The van der Waals surface area contributed by atoms with Crippen LogP contribution in [0.25, 0.3) is 0 Å². The van der Waals surface area contributed by atoms with Crippen molar-refractivity contribution in [1.82, 2.24) is 20.3 Å². The fraction of sp³-hybridized carbons (Fsp3) is 0.778. The van der Waals surface area contributed by atoms with Crippen molar-refractivity contribution in [3.8, 4) is 0 Å². The zero-order chi connectivity index (χ0) is 20.4. The summed E-state index contributed by atoms with van der Waals surface area (Å²) < 4.78 is 32.6. The minimum Gasteiger partial charge on any atom is -0.377 e. The average Bonchev–Trinajstić information content (AvgIpc) is 3.15. The molecule has 29 heavy (non-hydrogen) atoms. The molecule has 1 aromatic rings. The number of ether oxygens (including phenoxy) is 1. The van der Waals surface area contributed by atoms with Crippen LogP contribution in [-0.4, -0.2) is 57.5 Å². The molecule has 1 fully saturated rings. The molecule has 0 saturated carbocycles. The van der Waals surface area contributed by atoms with E-state index in [0.29, 0.717) is 38.1 Å². The number of aliphatic imine (C=N–C) groups is 1. The van der Waals surface area contributed by atoms with Gasteiger partial charge in [-0.05, 0) is 32.1 Å². The van der Waals surface area contributed by atoms with Crippen molar-refractivity contribution in [3.63, 3.8) is 0 Å². The van der Waals surface area contributed by atoms with Crippen molar-refractivity contribution in [2.75, 3.05) is 32.0 Å². The Labute approximate surface area is 195 Å². The monoisotopic (exact) mass is 559 g/mol. The summed E-state index contributed by atoms with van der Waals surface area (Å²) in [6.07, 6.45) is 3.05. The standard InChI is InChI=1S/C18H33N5O3S2.HI/c1-4-19-18(21-12-17-23-16(13-27-17)14(2)3)20-8-10-28(24,25)22-11-15-7-5-6-9-26-15;/h13-15,22H,4-12H2,1-3H3,(H2,19,20,21);1H. The van der Waals surface area contributed by atoms with E-state index in [0.717, 1.165) is 30.0 Å². The molecule has 0 spiro atoms. The molecule has 0 aliphatic carbocycles. The van der Waals surface area contributed by atoms with Gasteiger partial charge in [0.15, 0.2) is 5.96 Å². The first-order chi connectivity index (χ1) is 13.4. The summed E-state index contributed by atoms with van der Waals surface area (Å²) in [5, 5.41) is 9.22. The van der Waals surface area contributed by atoms with Gasteiger partial charge < -0.3 is 15.4 Å². The van der Waals surface area contributed by atoms with Crippen LogP contribution in [0.15, 0.2) is 10.4 Å². The van der Waals surface area contributed by atoms with Gasteiger partial charge in [-0.1, -0.05) is 13.8 Å². The number of guanidine groups is 1. The molecule has 1 atom stereocenters. The Kier molecular flexibility index (Phi) is 12.6. The third kappa shape index (κ3) is 10.4. The topological polar surface area (TPSA) is 105 Å². The molecule has 0 bridgehead atoms. The fourth-order valence-corrected chi connectivity index (χ4v) is 4.55. The number of hydrogen-bond donors (Lipinski definition) is 3. The van der Waals surface area contributed by atoms with Crippen molar-refractivity contribution in [3.05, 3.63) is 16.1 Å². The van der Waals surface area contributed by atoms with Gasteiger partial charge in [-0.2, -0.15) is 0 Å². The molecule has 0 aromatic carbocycles. The molecule has 3 N–H and O–H groups in total. The van der Waals surface area contributed by atoms with Crippen molar-refractivity contribution in [2.24, 2.45) is 4.99 Å². The molecule has 2 heterocycles. The van der Waals surface area contributed by atoms with E-state index in [1.807, 2.05) is 6.92 Å². The van der Waals surface area contributed by atoms with Gasteiger partial charge in [0.25, 0.3) is 0 Å². The van der Waals surface area contributed by atoms with Crippen LogP contribution in [0, 0.1) is 0 Å². The second-order valence-corrected chi connectivity index (χ2v) is 9.97. The molecular weight excluding hydrogens is 525 g/mol. The molecule has 11 heteroatoms. The van der Waals surface area contributed by atoms with Crippen LogP contribution in [0.2, 0.25) is 0 Å². The van der Waals surface area contributed by atoms with Crippen molar-refractivity contribution < 1.29 is 13.2 Å². The fourth-order valence-electron chi connectivity index (χ4n) is 2.72. The highest BCUT2D eigenvalue weighted by Gasteiger charge is 2.17. The van der Waals surface area contributed by atoms with Crippen molar-refractivity contribution in [2.45, 2.75) is 58.6 Å². The molecule has 0 amide bonds. The van der Waals surface area contributed by atoms with E-state index in [9.17, 15) is 8.42 Å². The summed E-state index contributed by atoms with van der Waals surface area (Å²) in [4.78, 5) is 9.07. The third-order valence-corrected chi connectivity index (χ3v) is 6.55. The molecule has 0 radical (unpaired) electrons. The van der Waals surface area contributed by atoms with Gasteiger partial charge in [0.1, 0.15) is 5.01 Å². The zero-order valence-corrected chi connectivity index (χ0v) is 21.4. The molecule has 2 rings (SSSR count). The van der Waals surface area contributed by atoms with Gasteiger partial charge in [-0.25, -0.2) is 23.1 Å². The minimum absolute atomic E-state index is 0. The number of sulfonamides is 1. The number of rotatable bonds is 10. The van der Waals surface area contributed by atoms with Crippen LogP contribution in [0.1, 0.15) is 56.7 Å². The third-order valence-electron chi connectivity index (χ3n) is 4.35. The Morgan fingerprint density at radius 3 is 2.79 bits per heavy atom. The Hall–Kier alpha value is -0.500. The molecule has 168 valence electrons. The van der Waals surface area contributed by atoms with Gasteiger partial charge >= 0.3 is 0 Å². The first-order valence-electron chi connectivity index (χ1n) is 9.95. The Balaban J connectivity index is 0.00000420. The van der Waals surface area contributed by atoms with Crippen LogP contribution in [0.3, 0.4) is 0 Å². The summed E-state index contributed by atoms with van der Waals surface area (Å²) in [6, 6.07) is 0. The molecule has 1 unspecified atom stereocenters. The number of aromatic nitrogens is 1. The molecule has 1 aliphatic heterocycles. The van der Waals surface area contributed by atoms with Crippen LogP contribution in [0.4, 0.5) is 0 Å². The molecule has 1 saturated heterocycles. The average molecular weight is 560 g/mol. The predicted octanol–water partition coefficient (Wildman–Crippen LogP) is 2.43. The number of nitrogens with zero attached hydrogens (tertiary/aromatic N) is 2. The molecular formula is C18H34IN5O3S2. The summed E-state index contributed by atoms with van der Waals surface area (Å²) in [7, 11) is -3.35. The highest BCUT2D eigenvalue weighted by molar-refractivity contribution is 14.0. The summed E-state index contributed by atoms with van der Waals surface area (Å²) in [6.45, 7) is 8.71. The van der Waals surface area contributed by atoms with E-state index in [1.54, 1.807) is 11.3 Å². The second kappa shape index (κ2) is 13.7. The van der Waals surface area contributed by atoms with E-state index in [2.05, 4.69) is 44.6 Å². The number of nitrogens with one attached hydrogen (secondary N) is 3. The van der Waals surface area contributed by atoms with Gasteiger partial charge in [0, 0.05) is 31.6 Å². The number of thiazole rings is 1. The van der Waals surface area contributed by atoms with E-state index in [1.165, 1.54) is 0 Å². The van der Waals surface area contributed by atoms with E-state index in [4.69, 9.17) is 4.74 Å². The quantitative estimate of drug-likeness (QED) is 0.231.